The number of carboxylic acids is 1. The Balaban J connectivity index is 4.50. The van der Waals surface area contributed by atoms with Crippen molar-refractivity contribution in [3.8, 4) is 0 Å². The van der Waals surface area contributed by atoms with Crippen molar-refractivity contribution in [1.82, 2.24) is 0 Å². The lowest BCUT2D eigenvalue weighted by molar-refractivity contribution is -0.161. The minimum Gasteiger partial charge on any atom is -0.480 e. The molecule has 0 amide bonds. The molecule has 0 radical (unpaired) electrons. The Morgan fingerprint density at radius 1 is 0.561 bits per heavy atom. The molecule has 12 heteroatoms. The molecule has 2 unspecified atom stereocenters. The molecule has 0 heterocycles. The summed E-state index contributed by atoms with van der Waals surface area (Å²) in [5.74, 6) is -2.48. The summed E-state index contributed by atoms with van der Waals surface area (Å²) >= 11 is 0. The number of hydrogen-bond donors (Lipinski definition) is 3. The minimum atomic E-state index is -4.74. The Morgan fingerprint density at radius 2 is 1.02 bits per heavy atom. The van der Waals surface area contributed by atoms with E-state index in [0.717, 1.165) is 83.5 Å². The maximum atomic E-state index is 12.6. The zero-order chi connectivity index (χ0) is 42.1. The third-order valence-electron chi connectivity index (χ3n) is 7.86. The first-order valence-electron chi connectivity index (χ1n) is 20.5. The Labute approximate surface area is 342 Å². The van der Waals surface area contributed by atoms with Gasteiger partial charge in [-0.25, -0.2) is 4.57 Å². The Hall–Kier alpha value is -3.86. The molecule has 0 aliphatic rings. The molecule has 0 bridgehead atoms. The van der Waals surface area contributed by atoms with Crippen LogP contribution in [0.5, 0.6) is 0 Å². The van der Waals surface area contributed by atoms with Crippen LogP contribution < -0.4 is 5.73 Å². The predicted octanol–water partition coefficient (Wildman–Crippen LogP) is 10.7. The smallest absolute Gasteiger partial charge is 0.472 e. The standard InChI is InChI=1S/C45H70NO10P/c1-3-5-7-9-11-13-15-17-18-19-20-21-22-23-25-26-28-30-32-34-36-43(47)53-38-41(39-54-57(51,52)55-40-42(46)45(49)50)56-44(48)37-35-33-31-29-27-24-16-14-12-10-8-6-4-2/h5-8,10-14,16-18,20-21,23-25,27,41-42H,3-4,9,15,19,22,26,28-40,46H2,1-2H3,(H,49,50)(H,51,52)/b7-5+,8-6+,12-10+,13-11+,16-14+,18-17+,21-20+,25-23+,27-24+/t41?,42-/m1/s1. The SMILES string of the molecule is CC/C=C/C=C/C=C/C=C/CCCCCC(=O)OC(COC(=O)CCCCCC/C=C/C/C=C/C/C=C/C/C=C/C/C=C/CC)COP(=O)(O)OC[C@@H](N)C(=O)O. The third-order valence-corrected chi connectivity index (χ3v) is 8.81. The summed E-state index contributed by atoms with van der Waals surface area (Å²) < 4.78 is 32.6. The van der Waals surface area contributed by atoms with Crippen molar-refractivity contribution in [2.75, 3.05) is 19.8 Å². The first kappa shape index (κ1) is 53.1. The second-order valence-corrected chi connectivity index (χ2v) is 14.5. The number of esters is 2. The highest BCUT2D eigenvalue weighted by atomic mass is 31.2. The van der Waals surface area contributed by atoms with E-state index in [-0.39, 0.29) is 19.4 Å². The molecule has 0 aromatic rings. The van der Waals surface area contributed by atoms with Crippen LogP contribution in [0.25, 0.3) is 0 Å². The molecule has 11 nitrogen and oxygen atoms in total. The molecule has 0 rings (SSSR count). The van der Waals surface area contributed by atoms with Gasteiger partial charge in [-0.3, -0.25) is 23.4 Å². The van der Waals surface area contributed by atoms with E-state index in [1.165, 1.54) is 0 Å². The van der Waals surface area contributed by atoms with E-state index >= 15 is 0 Å². The van der Waals surface area contributed by atoms with Gasteiger partial charge in [0.2, 0.25) is 0 Å². The maximum Gasteiger partial charge on any atom is 0.472 e. The van der Waals surface area contributed by atoms with Gasteiger partial charge in [-0.05, 0) is 77.0 Å². The van der Waals surface area contributed by atoms with Crippen LogP contribution in [0, 0.1) is 0 Å². The van der Waals surface area contributed by atoms with Gasteiger partial charge >= 0.3 is 25.7 Å². The molecule has 4 N–H and O–H groups in total. The summed E-state index contributed by atoms with van der Waals surface area (Å²) in [5.41, 5.74) is 5.32. The maximum absolute atomic E-state index is 12.6. The Bertz CT molecular complexity index is 1380. The number of rotatable bonds is 36. The van der Waals surface area contributed by atoms with Crippen LogP contribution >= 0.6 is 7.82 Å². The van der Waals surface area contributed by atoms with Gasteiger partial charge in [-0.2, -0.15) is 0 Å². The average molecular weight is 816 g/mol. The van der Waals surface area contributed by atoms with E-state index in [4.69, 9.17) is 24.8 Å². The van der Waals surface area contributed by atoms with Gasteiger partial charge in [-0.15, -0.1) is 0 Å². The van der Waals surface area contributed by atoms with Crippen LogP contribution in [0.1, 0.15) is 123 Å². The van der Waals surface area contributed by atoms with Crippen molar-refractivity contribution in [1.29, 1.82) is 0 Å². The fourth-order valence-electron chi connectivity index (χ4n) is 4.69. The zero-order valence-corrected chi connectivity index (χ0v) is 35.3. The summed E-state index contributed by atoms with van der Waals surface area (Å²) in [4.78, 5) is 45.9. The van der Waals surface area contributed by atoms with E-state index in [0.29, 0.717) is 12.8 Å². The molecule has 0 saturated carbocycles. The summed E-state index contributed by atoms with van der Waals surface area (Å²) in [6, 6.07) is -1.54. The molecule has 0 aromatic carbocycles. The van der Waals surface area contributed by atoms with Gasteiger partial charge in [0, 0.05) is 12.8 Å². The number of allylic oxidation sites excluding steroid dienone is 18. The second-order valence-electron chi connectivity index (χ2n) is 13.1. The number of nitrogens with two attached hydrogens (primary N) is 1. The fourth-order valence-corrected chi connectivity index (χ4v) is 5.47. The molecule has 0 aliphatic heterocycles. The first-order valence-corrected chi connectivity index (χ1v) is 22.0. The second kappa shape index (κ2) is 39.0. The molecule has 3 atom stereocenters. The van der Waals surface area contributed by atoms with Crippen molar-refractivity contribution in [3.05, 3.63) is 109 Å². The van der Waals surface area contributed by atoms with Crippen molar-refractivity contribution in [3.63, 3.8) is 0 Å². The zero-order valence-electron chi connectivity index (χ0n) is 34.4. The summed E-state index contributed by atoms with van der Waals surface area (Å²) in [6.45, 7) is 2.44. The number of ether oxygens (including phenoxy) is 2. The lowest BCUT2D eigenvalue weighted by atomic mass is 10.1. The predicted molar refractivity (Wildman–Crippen MR) is 230 cm³/mol. The van der Waals surface area contributed by atoms with Gasteiger partial charge in [0.1, 0.15) is 12.6 Å². The monoisotopic (exact) mass is 815 g/mol. The number of carbonyl (C=O) groups excluding carboxylic acids is 2. The van der Waals surface area contributed by atoms with E-state index in [1.807, 2.05) is 36.5 Å². The normalized spacial score (nSPS) is 14.9. The lowest BCUT2D eigenvalue weighted by Crippen LogP contribution is -2.34. The van der Waals surface area contributed by atoms with Crippen LogP contribution in [0.15, 0.2) is 109 Å². The lowest BCUT2D eigenvalue weighted by Gasteiger charge is -2.20. The summed E-state index contributed by atoms with van der Waals surface area (Å²) in [6.07, 6.45) is 50.2. The molecule has 320 valence electrons. The van der Waals surface area contributed by atoms with Gasteiger partial charge in [-0.1, -0.05) is 142 Å². The average Bonchev–Trinajstić information content (AvgIpc) is 3.19. The van der Waals surface area contributed by atoms with Crippen LogP contribution in [0.2, 0.25) is 0 Å². The summed E-state index contributed by atoms with van der Waals surface area (Å²) in [5, 5.41) is 8.87. The molecule has 0 saturated heterocycles. The number of phosphoric acid groups is 1. The molecule has 0 aliphatic carbocycles. The van der Waals surface area contributed by atoms with Crippen LogP contribution in [-0.2, 0) is 37.5 Å². The van der Waals surface area contributed by atoms with E-state index in [2.05, 4.69) is 91.3 Å². The first-order chi connectivity index (χ1) is 27.6. The third kappa shape index (κ3) is 38.8. The number of unbranched alkanes of at least 4 members (excludes halogenated alkanes) is 7. The van der Waals surface area contributed by atoms with Crippen molar-refractivity contribution in [2.24, 2.45) is 5.73 Å². The van der Waals surface area contributed by atoms with Gasteiger partial charge in [0.25, 0.3) is 0 Å². The fraction of sp³-hybridized carbons (Fsp3) is 0.533. The minimum absolute atomic E-state index is 0.102. The van der Waals surface area contributed by atoms with Crippen LogP contribution in [0.4, 0.5) is 0 Å². The van der Waals surface area contributed by atoms with Crippen LogP contribution in [0.3, 0.4) is 0 Å². The Morgan fingerprint density at radius 3 is 1.60 bits per heavy atom. The van der Waals surface area contributed by atoms with Gasteiger partial charge in [0.05, 0.1) is 13.2 Å². The van der Waals surface area contributed by atoms with Gasteiger partial charge in [0.15, 0.2) is 6.10 Å². The Kier molecular flexibility index (Phi) is 36.3. The highest BCUT2D eigenvalue weighted by Crippen LogP contribution is 2.43. The number of hydrogen-bond acceptors (Lipinski definition) is 9. The number of phosphoric ester groups is 1. The number of carbonyl (C=O) groups is 3. The number of carboxylic acid groups (broad SMARTS) is 1. The highest BCUT2D eigenvalue weighted by Gasteiger charge is 2.28. The molecule has 0 fully saturated rings. The molecule has 57 heavy (non-hydrogen) atoms. The molecular formula is C45H70NO10P. The number of aliphatic carboxylic acids is 1. The topological polar surface area (TPSA) is 172 Å². The summed E-state index contributed by atoms with van der Waals surface area (Å²) in [7, 11) is -4.74. The molecule has 0 spiro atoms. The van der Waals surface area contributed by atoms with E-state index in [9.17, 15) is 23.8 Å². The molecular weight excluding hydrogens is 745 g/mol. The van der Waals surface area contributed by atoms with E-state index in [1.54, 1.807) is 0 Å². The van der Waals surface area contributed by atoms with Crippen molar-refractivity contribution in [2.45, 2.75) is 135 Å². The quantitative estimate of drug-likeness (QED) is 0.0181. The largest absolute Gasteiger partial charge is 0.480 e. The van der Waals surface area contributed by atoms with Crippen molar-refractivity contribution < 1.29 is 47.5 Å². The van der Waals surface area contributed by atoms with Crippen molar-refractivity contribution >= 4 is 25.7 Å². The van der Waals surface area contributed by atoms with E-state index < -0.39 is 51.1 Å². The van der Waals surface area contributed by atoms with Gasteiger partial charge < -0.3 is 25.2 Å². The van der Waals surface area contributed by atoms with Crippen LogP contribution in [-0.4, -0.2) is 59.9 Å². The molecule has 0 aromatic heterocycles. The highest BCUT2D eigenvalue weighted by molar-refractivity contribution is 7.47.